The van der Waals surface area contributed by atoms with E-state index in [0.29, 0.717) is 17.6 Å². The SMILES string of the molecule is COc1cc(OC)nc(-c2cccc3ccccc23)n1. The fraction of sp³-hybridized carbons (Fsp3) is 0.125. The first-order chi connectivity index (χ1) is 9.81. The van der Waals surface area contributed by atoms with Gasteiger partial charge in [-0.15, -0.1) is 0 Å². The van der Waals surface area contributed by atoms with Crippen molar-refractivity contribution >= 4 is 10.8 Å². The second-order valence-electron chi connectivity index (χ2n) is 4.30. The van der Waals surface area contributed by atoms with Crippen LogP contribution in [-0.2, 0) is 0 Å². The van der Waals surface area contributed by atoms with Crippen molar-refractivity contribution in [2.45, 2.75) is 0 Å². The highest BCUT2D eigenvalue weighted by Gasteiger charge is 2.10. The molecular weight excluding hydrogens is 252 g/mol. The summed E-state index contributed by atoms with van der Waals surface area (Å²) >= 11 is 0. The molecule has 0 unspecified atom stereocenters. The molecule has 0 aliphatic heterocycles. The summed E-state index contributed by atoms with van der Waals surface area (Å²) in [5.74, 6) is 1.57. The second kappa shape index (κ2) is 5.17. The second-order valence-corrected chi connectivity index (χ2v) is 4.30. The molecule has 1 heterocycles. The van der Waals surface area contributed by atoms with E-state index in [1.165, 1.54) is 0 Å². The summed E-state index contributed by atoms with van der Waals surface area (Å²) in [6.07, 6.45) is 0. The van der Waals surface area contributed by atoms with Crippen molar-refractivity contribution in [1.29, 1.82) is 0 Å². The van der Waals surface area contributed by atoms with Gasteiger partial charge in [0.15, 0.2) is 5.82 Å². The van der Waals surface area contributed by atoms with E-state index in [1.54, 1.807) is 20.3 Å². The lowest BCUT2D eigenvalue weighted by atomic mass is 10.0. The number of rotatable bonds is 3. The van der Waals surface area contributed by atoms with Gasteiger partial charge in [-0.2, -0.15) is 9.97 Å². The monoisotopic (exact) mass is 266 g/mol. The van der Waals surface area contributed by atoms with Crippen LogP contribution < -0.4 is 9.47 Å². The van der Waals surface area contributed by atoms with Gasteiger partial charge in [0.05, 0.1) is 20.3 Å². The van der Waals surface area contributed by atoms with E-state index in [2.05, 4.69) is 28.2 Å². The van der Waals surface area contributed by atoms with E-state index < -0.39 is 0 Å². The molecule has 0 N–H and O–H groups in total. The average molecular weight is 266 g/mol. The zero-order chi connectivity index (χ0) is 13.9. The summed E-state index contributed by atoms with van der Waals surface area (Å²) in [5.41, 5.74) is 0.959. The van der Waals surface area contributed by atoms with Gasteiger partial charge in [-0.05, 0) is 10.8 Å². The molecule has 3 aromatic rings. The quantitative estimate of drug-likeness (QED) is 0.729. The van der Waals surface area contributed by atoms with Crippen LogP contribution in [0.2, 0.25) is 0 Å². The van der Waals surface area contributed by atoms with Crippen LogP contribution in [0.15, 0.2) is 48.5 Å². The Hall–Kier alpha value is -2.62. The lowest BCUT2D eigenvalue weighted by Gasteiger charge is -2.08. The van der Waals surface area contributed by atoms with Crippen molar-refractivity contribution in [3.05, 3.63) is 48.5 Å². The molecule has 0 spiro atoms. The van der Waals surface area contributed by atoms with E-state index in [-0.39, 0.29) is 0 Å². The smallest absolute Gasteiger partial charge is 0.220 e. The summed E-state index contributed by atoms with van der Waals surface area (Å²) in [6, 6.07) is 15.9. The van der Waals surface area contributed by atoms with E-state index in [4.69, 9.17) is 9.47 Å². The van der Waals surface area contributed by atoms with Crippen molar-refractivity contribution in [2.24, 2.45) is 0 Å². The lowest BCUT2D eigenvalue weighted by molar-refractivity contribution is 0.373. The van der Waals surface area contributed by atoms with E-state index >= 15 is 0 Å². The molecular formula is C16H14N2O2. The molecule has 1 aromatic heterocycles. The molecule has 4 nitrogen and oxygen atoms in total. The van der Waals surface area contributed by atoms with Crippen molar-refractivity contribution in [2.75, 3.05) is 14.2 Å². The third kappa shape index (κ3) is 2.16. The number of methoxy groups -OCH3 is 2. The molecule has 100 valence electrons. The Kier molecular flexibility index (Phi) is 3.21. The van der Waals surface area contributed by atoms with Crippen molar-refractivity contribution < 1.29 is 9.47 Å². The average Bonchev–Trinajstić information content (AvgIpc) is 2.53. The van der Waals surface area contributed by atoms with Crippen LogP contribution in [0.3, 0.4) is 0 Å². The fourth-order valence-corrected chi connectivity index (χ4v) is 2.15. The van der Waals surface area contributed by atoms with Gasteiger partial charge in [-0.3, -0.25) is 0 Å². The van der Waals surface area contributed by atoms with Gasteiger partial charge in [0.1, 0.15) is 0 Å². The van der Waals surface area contributed by atoms with Gasteiger partial charge in [-0.1, -0.05) is 42.5 Å². The van der Waals surface area contributed by atoms with Gasteiger partial charge >= 0.3 is 0 Å². The van der Waals surface area contributed by atoms with Crippen LogP contribution in [0.1, 0.15) is 0 Å². The van der Waals surface area contributed by atoms with Gasteiger partial charge in [-0.25, -0.2) is 0 Å². The third-order valence-electron chi connectivity index (χ3n) is 3.13. The largest absolute Gasteiger partial charge is 0.481 e. The Morgan fingerprint density at radius 3 is 2.15 bits per heavy atom. The zero-order valence-corrected chi connectivity index (χ0v) is 11.3. The molecule has 0 radical (unpaired) electrons. The van der Waals surface area contributed by atoms with E-state index in [1.807, 2.05) is 24.3 Å². The van der Waals surface area contributed by atoms with Crippen molar-refractivity contribution in [3.63, 3.8) is 0 Å². The molecule has 0 bridgehead atoms. The maximum absolute atomic E-state index is 5.20. The first kappa shape index (κ1) is 12.4. The standard InChI is InChI=1S/C16H14N2O2/c1-19-14-10-15(20-2)18-16(17-14)13-9-5-7-11-6-3-4-8-12(11)13/h3-10H,1-2H3. The molecule has 0 fully saturated rings. The molecule has 2 aromatic carbocycles. The number of hydrogen-bond acceptors (Lipinski definition) is 4. The van der Waals surface area contributed by atoms with Gasteiger partial charge in [0.25, 0.3) is 0 Å². The lowest BCUT2D eigenvalue weighted by Crippen LogP contribution is -1.97. The summed E-state index contributed by atoms with van der Waals surface area (Å²) in [7, 11) is 3.16. The number of ether oxygens (including phenoxy) is 2. The zero-order valence-electron chi connectivity index (χ0n) is 11.3. The number of nitrogens with zero attached hydrogens (tertiary/aromatic N) is 2. The minimum Gasteiger partial charge on any atom is -0.481 e. The first-order valence-corrected chi connectivity index (χ1v) is 6.27. The van der Waals surface area contributed by atoms with E-state index in [9.17, 15) is 0 Å². The molecule has 0 atom stereocenters. The van der Waals surface area contributed by atoms with E-state index in [0.717, 1.165) is 16.3 Å². The number of aromatic nitrogens is 2. The van der Waals surface area contributed by atoms with Crippen LogP contribution in [0.25, 0.3) is 22.2 Å². The Bertz CT molecular complexity index is 729. The minimum absolute atomic E-state index is 0.486. The molecule has 20 heavy (non-hydrogen) atoms. The van der Waals surface area contributed by atoms with Gasteiger partial charge in [0, 0.05) is 5.56 Å². The molecule has 0 aliphatic carbocycles. The molecule has 0 aliphatic rings. The predicted molar refractivity (Wildman–Crippen MR) is 78.1 cm³/mol. The Balaban J connectivity index is 2.25. The maximum Gasteiger partial charge on any atom is 0.220 e. The van der Waals surface area contributed by atoms with Gasteiger partial charge in [0.2, 0.25) is 11.8 Å². The molecule has 3 rings (SSSR count). The Morgan fingerprint density at radius 1 is 0.800 bits per heavy atom. The number of hydrogen-bond donors (Lipinski definition) is 0. The first-order valence-electron chi connectivity index (χ1n) is 6.27. The summed E-state index contributed by atoms with van der Waals surface area (Å²) in [4.78, 5) is 8.81. The molecule has 0 saturated heterocycles. The summed E-state index contributed by atoms with van der Waals surface area (Å²) < 4.78 is 10.4. The van der Waals surface area contributed by atoms with Crippen LogP contribution in [0.5, 0.6) is 11.8 Å². The molecule has 0 saturated carbocycles. The Morgan fingerprint density at radius 2 is 1.45 bits per heavy atom. The highest BCUT2D eigenvalue weighted by Crippen LogP contribution is 2.28. The third-order valence-corrected chi connectivity index (χ3v) is 3.13. The predicted octanol–water partition coefficient (Wildman–Crippen LogP) is 3.31. The number of fused-ring (bicyclic) bond motifs is 1. The normalized spacial score (nSPS) is 10.5. The summed E-state index contributed by atoms with van der Waals surface area (Å²) in [5, 5.41) is 2.25. The highest BCUT2D eigenvalue weighted by atomic mass is 16.5. The number of benzene rings is 2. The fourth-order valence-electron chi connectivity index (χ4n) is 2.15. The van der Waals surface area contributed by atoms with Crippen molar-refractivity contribution in [1.82, 2.24) is 9.97 Å². The summed E-state index contributed by atoms with van der Waals surface area (Å²) in [6.45, 7) is 0. The van der Waals surface area contributed by atoms with Gasteiger partial charge < -0.3 is 9.47 Å². The highest BCUT2D eigenvalue weighted by molar-refractivity contribution is 5.95. The Labute approximate surface area is 117 Å². The van der Waals surface area contributed by atoms with Crippen LogP contribution in [0, 0.1) is 0 Å². The van der Waals surface area contributed by atoms with Crippen LogP contribution in [-0.4, -0.2) is 24.2 Å². The minimum atomic E-state index is 0.486. The molecule has 0 amide bonds. The van der Waals surface area contributed by atoms with Crippen molar-refractivity contribution in [3.8, 4) is 23.1 Å². The van der Waals surface area contributed by atoms with Crippen LogP contribution in [0.4, 0.5) is 0 Å². The van der Waals surface area contributed by atoms with Crippen LogP contribution >= 0.6 is 0 Å². The maximum atomic E-state index is 5.20. The topological polar surface area (TPSA) is 44.2 Å². The molecule has 4 heteroatoms.